The van der Waals surface area contributed by atoms with Crippen LogP contribution in [-0.4, -0.2) is 119 Å². The van der Waals surface area contributed by atoms with Crippen molar-refractivity contribution in [3.8, 4) is 0 Å². The summed E-state index contributed by atoms with van der Waals surface area (Å²) in [5.41, 5.74) is 3.86. The van der Waals surface area contributed by atoms with Crippen LogP contribution in [0.15, 0.2) is 97.1 Å². The zero-order valence-corrected chi connectivity index (χ0v) is 48.1. The smallest absolute Gasteiger partial charge is 0.251 e. The van der Waals surface area contributed by atoms with Crippen molar-refractivity contribution in [1.82, 2.24) is 41.3 Å². The normalized spacial score (nSPS) is 20.1. The number of likely N-dealkylation sites (N-methyl/N-ethyl adjacent to an activating group) is 2. The maximum absolute atomic E-state index is 15.6. The van der Waals surface area contributed by atoms with E-state index in [1.165, 1.54) is 11.6 Å². The summed E-state index contributed by atoms with van der Waals surface area (Å²) in [7, 11) is 3.37. The summed E-state index contributed by atoms with van der Waals surface area (Å²) in [5.74, 6) is -3.43. The van der Waals surface area contributed by atoms with Crippen LogP contribution in [0.2, 0.25) is 0 Å². The number of ketones is 1. The van der Waals surface area contributed by atoms with Gasteiger partial charge in [-0.2, -0.15) is 0 Å². The van der Waals surface area contributed by atoms with Crippen LogP contribution < -0.4 is 26.6 Å². The molecule has 15 nitrogen and oxygen atoms in total. The minimum Gasteiger partial charge on any atom is -0.347 e. The summed E-state index contributed by atoms with van der Waals surface area (Å²) >= 11 is 0. The number of nitrogens with zero attached hydrogens (tertiary/aromatic N) is 3. The molecular weight excluding hydrogens is 1000 g/mol. The van der Waals surface area contributed by atoms with Crippen LogP contribution in [0.1, 0.15) is 144 Å². The number of aryl methyl sites for hydroxylation is 1. The molecule has 3 aliphatic rings. The number of carbonyl (C=O) groups is 7. The summed E-state index contributed by atoms with van der Waals surface area (Å²) in [5, 5.41) is 15.3. The molecule has 5 N–H and O–H groups in total. The molecule has 0 radical (unpaired) electrons. The van der Waals surface area contributed by atoms with Crippen molar-refractivity contribution in [2.24, 2.45) is 16.7 Å². The molecule has 1 saturated heterocycles. The number of nitrogens with one attached hydrogen (secondary N) is 5. The average molecular weight is 1080 g/mol. The van der Waals surface area contributed by atoms with Crippen molar-refractivity contribution in [3.63, 3.8) is 0 Å². The number of halogens is 1. The minimum absolute atomic E-state index is 0.0161. The van der Waals surface area contributed by atoms with Crippen LogP contribution in [0, 0.1) is 22.6 Å². The fourth-order valence-electron chi connectivity index (χ4n) is 11.3. The molecular formula is C63H83FN8O7. The molecule has 7 rings (SSSR count). The fourth-order valence-corrected chi connectivity index (χ4v) is 11.3. The minimum atomic E-state index is -1.08. The fraction of sp³-hybridized carbons (Fsp3) is 0.508. The highest BCUT2D eigenvalue weighted by molar-refractivity contribution is 5.97. The number of hydrogen-bond acceptors (Lipinski definition) is 9. The molecule has 4 aromatic rings. The molecule has 79 heavy (non-hydrogen) atoms. The Bertz CT molecular complexity index is 2860. The van der Waals surface area contributed by atoms with E-state index in [2.05, 4.69) is 32.7 Å². The monoisotopic (exact) mass is 1080 g/mol. The maximum Gasteiger partial charge on any atom is 0.251 e. The predicted octanol–water partition coefficient (Wildman–Crippen LogP) is 7.17. The highest BCUT2D eigenvalue weighted by Crippen LogP contribution is 2.37. The van der Waals surface area contributed by atoms with Crippen molar-refractivity contribution in [3.05, 3.63) is 142 Å². The van der Waals surface area contributed by atoms with Gasteiger partial charge in [0.15, 0.2) is 0 Å². The van der Waals surface area contributed by atoms with E-state index in [-0.39, 0.29) is 74.4 Å². The van der Waals surface area contributed by atoms with Gasteiger partial charge in [0.05, 0.1) is 18.1 Å². The maximum atomic E-state index is 15.6. The lowest BCUT2D eigenvalue weighted by Crippen LogP contribution is -2.60. The van der Waals surface area contributed by atoms with Gasteiger partial charge in [0, 0.05) is 49.6 Å². The quantitative estimate of drug-likeness (QED) is 0.0649. The molecule has 16 heteroatoms. The standard InChI is InChI=1S/C63H83FN8O7/c1-38(33-45-21-14-17-25-50(45)64)71(60(78)54-48-24-16-13-20-43(48)31-32-70(54)61(79)55(63(7,8)9)69-56(74)40(3)66-11)36-41-27-29-44(30-28-41)57(75)67-46-34-52(58(76)68-51-26-18-22-42-19-12-15-23-47(42)51)72(37-46)59(77)49(62(4,5)6)35-53(73)39(2)65-10/h12-17,19-21,23-25,27-30,38-40,46,49,51-52,54-55,65-66H,18,22,26,31-37H2,1-11H3,(H,67,75)(H,68,76)(H,69,74)/t38-,39+,40+,46?,49-,51?,52+,54+,55-/m1/s1. The largest absolute Gasteiger partial charge is 0.347 e. The van der Waals surface area contributed by atoms with E-state index in [1.807, 2.05) is 90.9 Å². The molecule has 1 aliphatic carbocycles. The predicted molar refractivity (Wildman–Crippen MR) is 304 cm³/mol. The van der Waals surface area contributed by atoms with Crippen molar-refractivity contribution in [1.29, 1.82) is 0 Å². The molecule has 0 bridgehead atoms. The SMILES string of the molecule is CN[C@@H](C)C(=O)C[C@H](C(=O)N1CC(NC(=O)c2ccc(CN(C(=O)[C@@H]3c4ccccc4CCN3C(=O)[C@@H](NC(=O)[C@H](C)NC)C(C)(C)C)[C@H](C)Cc3ccccc3F)cc2)C[C@H]1C(=O)NC1CCCc2ccccc21)C(C)(C)C. The van der Waals surface area contributed by atoms with E-state index in [0.717, 1.165) is 30.4 Å². The van der Waals surface area contributed by atoms with Crippen molar-refractivity contribution in [2.45, 2.75) is 162 Å². The molecule has 0 saturated carbocycles. The second kappa shape index (κ2) is 25.6. The molecule has 9 atom stereocenters. The first-order valence-electron chi connectivity index (χ1n) is 28.1. The van der Waals surface area contributed by atoms with Gasteiger partial charge in [-0.3, -0.25) is 33.6 Å². The molecule has 2 aliphatic heterocycles. The van der Waals surface area contributed by atoms with E-state index in [1.54, 1.807) is 85.1 Å². The average Bonchev–Trinajstić information content (AvgIpc) is 3.88. The lowest BCUT2D eigenvalue weighted by Gasteiger charge is -2.43. The number of Topliss-reactive ketones (excluding diaryl/α,β-unsaturated/α-hetero) is 1. The Labute approximate surface area is 466 Å². The number of likely N-dealkylation sites (tertiary alicyclic amines) is 1. The van der Waals surface area contributed by atoms with Crippen LogP contribution in [0.4, 0.5) is 4.39 Å². The Hall–Kier alpha value is -6.78. The number of hydrogen-bond donors (Lipinski definition) is 5. The second-order valence-electron chi connectivity index (χ2n) is 24.2. The molecule has 1 fully saturated rings. The lowest BCUT2D eigenvalue weighted by atomic mass is 9.76. The van der Waals surface area contributed by atoms with E-state index >= 15 is 9.18 Å². The summed E-state index contributed by atoms with van der Waals surface area (Å²) < 4.78 is 15.4. The van der Waals surface area contributed by atoms with Gasteiger partial charge in [0.25, 0.3) is 11.8 Å². The van der Waals surface area contributed by atoms with Gasteiger partial charge in [-0.05, 0) is 136 Å². The first-order chi connectivity index (χ1) is 37.4. The molecule has 0 spiro atoms. The van der Waals surface area contributed by atoms with Gasteiger partial charge in [0.2, 0.25) is 23.6 Å². The third kappa shape index (κ3) is 14.2. The van der Waals surface area contributed by atoms with Crippen LogP contribution in [-0.2, 0) is 54.6 Å². The zero-order chi connectivity index (χ0) is 57.5. The second-order valence-corrected chi connectivity index (χ2v) is 24.2. The summed E-state index contributed by atoms with van der Waals surface area (Å²) in [6, 6.07) is 23.5. The molecule has 6 amide bonds. The van der Waals surface area contributed by atoms with Gasteiger partial charge in [-0.1, -0.05) is 120 Å². The molecule has 2 heterocycles. The van der Waals surface area contributed by atoms with E-state index in [4.69, 9.17) is 0 Å². The molecule has 0 aromatic heterocycles. The van der Waals surface area contributed by atoms with Crippen LogP contribution in [0.25, 0.3) is 0 Å². The number of amides is 6. The van der Waals surface area contributed by atoms with E-state index < -0.39 is 76.7 Å². The van der Waals surface area contributed by atoms with Crippen LogP contribution in [0.3, 0.4) is 0 Å². The Balaban J connectivity index is 1.15. The number of rotatable bonds is 19. The van der Waals surface area contributed by atoms with Gasteiger partial charge >= 0.3 is 0 Å². The van der Waals surface area contributed by atoms with Gasteiger partial charge in [-0.15, -0.1) is 0 Å². The third-order valence-electron chi connectivity index (χ3n) is 16.5. The summed E-state index contributed by atoms with van der Waals surface area (Å²) in [6.45, 7) is 17.0. The Morgan fingerprint density at radius 2 is 1.33 bits per heavy atom. The van der Waals surface area contributed by atoms with Crippen LogP contribution in [0.5, 0.6) is 0 Å². The first kappa shape index (κ1) is 59.9. The van der Waals surface area contributed by atoms with Crippen molar-refractivity contribution in [2.75, 3.05) is 27.2 Å². The number of fused-ring (bicyclic) bond motifs is 2. The summed E-state index contributed by atoms with van der Waals surface area (Å²) in [6.07, 6.45) is 3.36. The molecule has 424 valence electrons. The Kier molecular flexibility index (Phi) is 19.4. The first-order valence-corrected chi connectivity index (χ1v) is 28.1. The lowest BCUT2D eigenvalue weighted by molar-refractivity contribution is -0.152. The highest BCUT2D eigenvalue weighted by atomic mass is 19.1. The molecule has 2 unspecified atom stereocenters. The van der Waals surface area contributed by atoms with Crippen LogP contribution >= 0.6 is 0 Å². The number of benzene rings is 4. The summed E-state index contributed by atoms with van der Waals surface area (Å²) in [4.78, 5) is 106. The topological polar surface area (TPSA) is 189 Å². The van der Waals surface area contributed by atoms with E-state index in [0.29, 0.717) is 28.7 Å². The Morgan fingerprint density at radius 1 is 0.709 bits per heavy atom. The van der Waals surface area contributed by atoms with E-state index in [9.17, 15) is 28.8 Å². The zero-order valence-electron chi connectivity index (χ0n) is 48.1. The van der Waals surface area contributed by atoms with Crippen molar-refractivity contribution >= 4 is 41.2 Å². The van der Waals surface area contributed by atoms with Gasteiger partial charge < -0.3 is 41.3 Å². The number of carbonyl (C=O) groups excluding carboxylic acids is 7. The van der Waals surface area contributed by atoms with Gasteiger partial charge in [0.1, 0.15) is 29.7 Å². The third-order valence-corrected chi connectivity index (χ3v) is 16.5. The van der Waals surface area contributed by atoms with Gasteiger partial charge in [-0.25, -0.2) is 4.39 Å². The Morgan fingerprint density at radius 3 is 1.96 bits per heavy atom. The molecule has 4 aromatic carbocycles. The highest BCUT2D eigenvalue weighted by Gasteiger charge is 2.47. The van der Waals surface area contributed by atoms with Crippen molar-refractivity contribution < 1.29 is 38.0 Å².